The molecule has 0 heterocycles. The fourth-order valence-electron chi connectivity index (χ4n) is 1.29. The molecule has 1 fully saturated rings. The van der Waals surface area contributed by atoms with Crippen LogP contribution in [0.2, 0.25) is 0 Å². The van der Waals surface area contributed by atoms with Gasteiger partial charge in [0, 0.05) is 17.8 Å². The van der Waals surface area contributed by atoms with E-state index in [2.05, 4.69) is 0 Å². The minimum Gasteiger partial charge on any atom is -0.264 e. The van der Waals surface area contributed by atoms with Crippen molar-refractivity contribution in [3.8, 4) is 0 Å². The molecule has 3 heteroatoms. The molecule has 11 heavy (non-hydrogen) atoms. The first-order chi connectivity index (χ1) is 5.30. The maximum absolute atomic E-state index is 10.2. The lowest BCUT2D eigenvalue weighted by molar-refractivity contribution is -0.526. The Morgan fingerprint density at radius 3 is 1.91 bits per heavy atom. The van der Waals surface area contributed by atoms with E-state index < -0.39 is 0 Å². The molecule has 0 unspecified atom stereocenters. The lowest BCUT2D eigenvalue weighted by Gasteiger charge is -2.13. The zero-order chi connectivity index (χ0) is 8.69. The van der Waals surface area contributed by atoms with Gasteiger partial charge in [-0.1, -0.05) is 20.3 Å². The van der Waals surface area contributed by atoms with Crippen LogP contribution in [0.1, 0.15) is 46.0 Å². The van der Waals surface area contributed by atoms with E-state index in [1.54, 1.807) is 0 Å². The maximum atomic E-state index is 10.2. The second-order valence-corrected chi connectivity index (χ2v) is 2.58. The second-order valence-electron chi connectivity index (χ2n) is 2.58. The molecular weight excluding hydrogens is 142 g/mol. The lowest BCUT2D eigenvalue weighted by Crippen LogP contribution is -2.21. The van der Waals surface area contributed by atoms with Crippen LogP contribution in [0.15, 0.2) is 0 Å². The van der Waals surface area contributed by atoms with E-state index in [0.29, 0.717) is 0 Å². The van der Waals surface area contributed by atoms with Gasteiger partial charge in [-0.2, -0.15) is 0 Å². The fraction of sp³-hybridized carbons (Fsp3) is 1.00. The molecule has 0 radical (unpaired) electrons. The first kappa shape index (κ1) is 10.4. The van der Waals surface area contributed by atoms with Crippen LogP contribution < -0.4 is 0 Å². The van der Waals surface area contributed by atoms with Crippen molar-refractivity contribution in [2.24, 2.45) is 0 Å². The van der Waals surface area contributed by atoms with Gasteiger partial charge >= 0.3 is 0 Å². The third-order valence-corrected chi connectivity index (χ3v) is 1.87. The highest BCUT2D eigenvalue weighted by Crippen LogP contribution is 2.19. The molecule has 0 aromatic heterocycles. The summed E-state index contributed by atoms with van der Waals surface area (Å²) in [5.74, 6) is 0. The van der Waals surface area contributed by atoms with Crippen LogP contribution in [0.25, 0.3) is 0 Å². The first-order valence-corrected chi connectivity index (χ1v) is 4.44. The number of rotatable bonds is 1. The number of hydrogen-bond acceptors (Lipinski definition) is 2. The second kappa shape index (κ2) is 6.13. The van der Waals surface area contributed by atoms with Gasteiger partial charge in [0.1, 0.15) is 0 Å². The van der Waals surface area contributed by atoms with Crippen LogP contribution in [0.5, 0.6) is 0 Å². The molecule has 1 rings (SSSR count). The summed E-state index contributed by atoms with van der Waals surface area (Å²) in [7, 11) is 0. The largest absolute Gasteiger partial charge is 0.264 e. The molecule has 0 spiro atoms. The SMILES string of the molecule is CC.O=[N+]([O-])C1CCCCC1. The molecule has 0 aromatic carbocycles. The van der Waals surface area contributed by atoms with Crippen LogP contribution in [0, 0.1) is 10.1 Å². The predicted molar refractivity (Wildman–Crippen MR) is 45.2 cm³/mol. The zero-order valence-corrected chi connectivity index (χ0v) is 7.38. The lowest BCUT2D eigenvalue weighted by atomic mass is 9.96. The smallest absolute Gasteiger partial charge is 0.213 e. The van der Waals surface area contributed by atoms with Crippen molar-refractivity contribution in [2.75, 3.05) is 0 Å². The summed E-state index contributed by atoms with van der Waals surface area (Å²) >= 11 is 0. The fourth-order valence-corrected chi connectivity index (χ4v) is 1.29. The molecule has 66 valence electrons. The molecular formula is C8H17NO2. The summed E-state index contributed by atoms with van der Waals surface area (Å²) in [6.07, 6.45) is 4.88. The Morgan fingerprint density at radius 2 is 1.64 bits per heavy atom. The Balaban J connectivity index is 0.000000461. The van der Waals surface area contributed by atoms with E-state index >= 15 is 0 Å². The van der Waals surface area contributed by atoms with E-state index in [-0.39, 0.29) is 11.0 Å². The average Bonchev–Trinajstić information content (AvgIpc) is 2.10. The highest BCUT2D eigenvalue weighted by atomic mass is 16.6. The number of hydrogen-bond donors (Lipinski definition) is 0. The van der Waals surface area contributed by atoms with Crippen molar-refractivity contribution in [2.45, 2.75) is 52.0 Å². The Morgan fingerprint density at radius 1 is 1.18 bits per heavy atom. The summed E-state index contributed by atoms with van der Waals surface area (Å²) in [6.45, 7) is 4.00. The molecule has 0 aliphatic heterocycles. The van der Waals surface area contributed by atoms with E-state index in [0.717, 1.165) is 25.7 Å². The van der Waals surface area contributed by atoms with Gasteiger partial charge in [0.25, 0.3) is 0 Å². The summed E-state index contributed by atoms with van der Waals surface area (Å²) < 4.78 is 0. The molecule has 0 amide bonds. The van der Waals surface area contributed by atoms with Crippen molar-refractivity contribution < 1.29 is 4.92 Å². The highest BCUT2D eigenvalue weighted by molar-refractivity contribution is 4.63. The molecule has 0 aromatic rings. The van der Waals surface area contributed by atoms with Gasteiger partial charge in [0.15, 0.2) is 0 Å². The van der Waals surface area contributed by atoms with Crippen molar-refractivity contribution in [1.82, 2.24) is 0 Å². The number of nitro groups is 1. The van der Waals surface area contributed by atoms with Gasteiger partial charge in [-0.3, -0.25) is 10.1 Å². The highest BCUT2D eigenvalue weighted by Gasteiger charge is 2.21. The van der Waals surface area contributed by atoms with Gasteiger partial charge in [-0.15, -0.1) is 0 Å². The van der Waals surface area contributed by atoms with Crippen LogP contribution in [0.4, 0.5) is 0 Å². The summed E-state index contributed by atoms with van der Waals surface area (Å²) in [5, 5.41) is 10.2. The van der Waals surface area contributed by atoms with Crippen LogP contribution in [0.3, 0.4) is 0 Å². The van der Waals surface area contributed by atoms with E-state index in [9.17, 15) is 10.1 Å². The Kier molecular flexibility index (Phi) is 5.80. The summed E-state index contributed by atoms with van der Waals surface area (Å²) in [5.41, 5.74) is 0. The normalized spacial score (nSPS) is 18.4. The summed E-state index contributed by atoms with van der Waals surface area (Å²) in [4.78, 5) is 10.0. The summed E-state index contributed by atoms with van der Waals surface area (Å²) in [6, 6.07) is -0.223. The van der Waals surface area contributed by atoms with Gasteiger partial charge in [-0.05, 0) is 12.8 Å². The first-order valence-electron chi connectivity index (χ1n) is 4.44. The van der Waals surface area contributed by atoms with E-state index in [1.165, 1.54) is 6.42 Å². The minimum atomic E-state index is -0.223. The van der Waals surface area contributed by atoms with Crippen molar-refractivity contribution >= 4 is 0 Å². The topological polar surface area (TPSA) is 43.1 Å². The van der Waals surface area contributed by atoms with Gasteiger partial charge in [-0.25, -0.2) is 0 Å². The maximum Gasteiger partial charge on any atom is 0.213 e. The molecule has 0 saturated heterocycles. The molecule has 1 saturated carbocycles. The van der Waals surface area contributed by atoms with Gasteiger partial charge in [0.05, 0.1) is 0 Å². The van der Waals surface area contributed by atoms with Crippen LogP contribution >= 0.6 is 0 Å². The van der Waals surface area contributed by atoms with Crippen molar-refractivity contribution in [1.29, 1.82) is 0 Å². The standard InChI is InChI=1S/C6H11NO2.C2H6/c8-7(9)6-4-2-1-3-5-6;1-2/h6H,1-5H2;1-2H3. The zero-order valence-electron chi connectivity index (χ0n) is 7.38. The third kappa shape index (κ3) is 3.96. The molecule has 0 atom stereocenters. The molecule has 3 nitrogen and oxygen atoms in total. The Labute approximate surface area is 67.9 Å². The molecule has 0 N–H and O–H groups in total. The minimum absolute atomic E-state index is 0.140. The van der Waals surface area contributed by atoms with Crippen molar-refractivity contribution in [3.05, 3.63) is 10.1 Å². The molecule has 1 aliphatic rings. The van der Waals surface area contributed by atoms with Gasteiger partial charge < -0.3 is 0 Å². The monoisotopic (exact) mass is 159 g/mol. The average molecular weight is 159 g/mol. The van der Waals surface area contributed by atoms with Crippen molar-refractivity contribution in [3.63, 3.8) is 0 Å². The van der Waals surface area contributed by atoms with E-state index in [1.807, 2.05) is 13.8 Å². The van der Waals surface area contributed by atoms with Crippen LogP contribution in [-0.4, -0.2) is 11.0 Å². The number of nitrogens with zero attached hydrogens (tertiary/aromatic N) is 1. The third-order valence-electron chi connectivity index (χ3n) is 1.87. The van der Waals surface area contributed by atoms with Crippen LogP contribution in [-0.2, 0) is 0 Å². The van der Waals surface area contributed by atoms with Gasteiger partial charge in [0.2, 0.25) is 6.04 Å². The predicted octanol–water partition coefficient (Wildman–Crippen LogP) is 2.62. The molecule has 1 aliphatic carbocycles. The quantitative estimate of drug-likeness (QED) is 0.436. The molecule has 0 bridgehead atoms. The Hall–Kier alpha value is -0.600. The van der Waals surface area contributed by atoms with E-state index in [4.69, 9.17) is 0 Å². The Bertz CT molecular complexity index is 109.